The van der Waals surface area contributed by atoms with Gasteiger partial charge in [0.1, 0.15) is 0 Å². The van der Waals surface area contributed by atoms with E-state index < -0.39 is 0 Å². The molecule has 1 aromatic rings. The Morgan fingerprint density at radius 1 is 1.19 bits per heavy atom. The Hall–Kier alpha value is -1.92. The van der Waals surface area contributed by atoms with Crippen LogP contribution < -0.4 is 10.6 Å². The highest BCUT2D eigenvalue weighted by atomic mass is 16.5. The van der Waals surface area contributed by atoms with Crippen LogP contribution >= 0.6 is 0 Å². The van der Waals surface area contributed by atoms with Crippen molar-refractivity contribution >= 4 is 17.5 Å². The molecule has 0 aromatic heterocycles. The number of hydrogen-bond acceptors (Lipinski definition) is 4. The van der Waals surface area contributed by atoms with E-state index in [2.05, 4.69) is 15.5 Å². The summed E-state index contributed by atoms with van der Waals surface area (Å²) in [5.74, 6) is 0.0715. The number of rotatable bonds is 6. The fraction of sp³-hybridized carbons (Fsp3) is 0.619. The standard InChI is InChI=1S/C21H31N3O3/c1-16(15-24-10-12-27-13-11-24)22-21(26)18-8-5-9-19(14-18)23-20(25)17-6-3-2-4-7-17/h5,8-9,14,16-17H,2-4,6-7,10-13,15H2,1H3,(H,22,26)(H,23,25). The first-order valence-electron chi connectivity index (χ1n) is 10.1. The van der Waals surface area contributed by atoms with Gasteiger partial charge in [0.05, 0.1) is 13.2 Å². The molecule has 1 saturated carbocycles. The summed E-state index contributed by atoms with van der Waals surface area (Å²) in [5, 5.41) is 6.04. The smallest absolute Gasteiger partial charge is 0.251 e. The molecule has 1 heterocycles. The van der Waals surface area contributed by atoms with Crippen molar-refractivity contribution in [3.63, 3.8) is 0 Å². The molecule has 27 heavy (non-hydrogen) atoms. The third-order valence-electron chi connectivity index (χ3n) is 5.38. The second kappa shape index (κ2) is 9.85. The fourth-order valence-corrected chi connectivity index (χ4v) is 3.87. The van der Waals surface area contributed by atoms with Crippen molar-refractivity contribution in [1.29, 1.82) is 0 Å². The average Bonchev–Trinajstić information content (AvgIpc) is 2.69. The summed E-state index contributed by atoms with van der Waals surface area (Å²) in [5.41, 5.74) is 1.27. The van der Waals surface area contributed by atoms with Gasteiger partial charge in [-0.3, -0.25) is 14.5 Å². The molecule has 2 N–H and O–H groups in total. The van der Waals surface area contributed by atoms with Gasteiger partial charge < -0.3 is 15.4 Å². The van der Waals surface area contributed by atoms with Crippen molar-refractivity contribution in [3.8, 4) is 0 Å². The van der Waals surface area contributed by atoms with Crippen LogP contribution in [-0.2, 0) is 9.53 Å². The number of amides is 2. The topological polar surface area (TPSA) is 70.7 Å². The van der Waals surface area contributed by atoms with Crippen LogP contribution in [0.1, 0.15) is 49.4 Å². The van der Waals surface area contributed by atoms with E-state index in [1.54, 1.807) is 12.1 Å². The number of nitrogens with zero attached hydrogens (tertiary/aromatic N) is 1. The third kappa shape index (κ3) is 6.04. The number of hydrogen-bond donors (Lipinski definition) is 2. The molecule has 0 radical (unpaired) electrons. The summed E-state index contributed by atoms with van der Waals surface area (Å²) in [6, 6.07) is 7.26. The highest BCUT2D eigenvalue weighted by molar-refractivity contribution is 5.97. The molecular weight excluding hydrogens is 342 g/mol. The first-order valence-corrected chi connectivity index (χ1v) is 10.1. The summed E-state index contributed by atoms with van der Waals surface area (Å²) in [7, 11) is 0. The van der Waals surface area contributed by atoms with Crippen molar-refractivity contribution in [3.05, 3.63) is 29.8 Å². The third-order valence-corrected chi connectivity index (χ3v) is 5.38. The van der Waals surface area contributed by atoms with E-state index >= 15 is 0 Å². The molecular formula is C21H31N3O3. The zero-order valence-electron chi connectivity index (χ0n) is 16.2. The first kappa shape index (κ1) is 19.8. The van der Waals surface area contributed by atoms with Crippen molar-refractivity contribution in [1.82, 2.24) is 10.2 Å². The van der Waals surface area contributed by atoms with Crippen LogP contribution in [0, 0.1) is 5.92 Å². The molecule has 1 unspecified atom stereocenters. The van der Waals surface area contributed by atoms with Crippen molar-refractivity contribution in [2.45, 2.75) is 45.1 Å². The lowest BCUT2D eigenvalue weighted by Gasteiger charge is -2.29. The Balaban J connectivity index is 1.52. The molecule has 1 aromatic carbocycles. The molecule has 6 heteroatoms. The lowest BCUT2D eigenvalue weighted by Crippen LogP contribution is -2.46. The average molecular weight is 373 g/mol. The Kier molecular flexibility index (Phi) is 7.24. The molecule has 148 valence electrons. The highest BCUT2D eigenvalue weighted by Crippen LogP contribution is 2.25. The molecule has 2 fully saturated rings. The van der Waals surface area contributed by atoms with E-state index in [0.717, 1.165) is 58.5 Å². The predicted molar refractivity (Wildman–Crippen MR) is 106 cm³/mol. The lowest BCUT2D eigenvalue weighted by atomic mass is 9.88. The molecule has 1 atom stereocenters. The number of anilines is 1. The van der Waals surface area contributed by atoms with Gasteiger partial charge in [-0.15, -0.1) is 0 Å². The molecule has 2 aliphatic rings. The SMILES string of the molecule is CC(CN1CCOCC1)NC(=O)c1cccc(NC(=O)C2CCCCC2)c1. The summed E-state index contributed by atoms with van der Waals surface area (Å²) in [6.45, 7) is 6.15. The van der Waals surface area contributed by atoms with Crippen LogP contribution in [-0.4, -0.2) is 55.6 Å². The van der Waals surface area contributed by atoms with Gasteiger partial charge in [-0.05, 0) is 38.0 Å². The summed E-state index contributed by atoms with van der Waals surface area (Å²) in [4.78, 5) is 27.3. The number of carbonyl (C=O) groups is 2. The van der Waals surface area contributed by atoms with Gasteiger partial charge in [0.2, 0.25) is 5.91 Å². The maximum absolute atomic E-state index is 12.6. The van der Waals surface area contributed by atoms with Crippen LogP contribution in [0.2, 0.25) is 0 Å². The maximum atomic E-state index is 12.6. The van der Waals surface area contributed by atoms with Crippen LogP contribution in [0.3, 0.4) is 0 Å². The van der Waals surface area contributed by atoms with Crippen LogP contribution in [0.4, 0.5) is 5.69 Å². The van der Waals surface area contributed by atoms with Gasteiger partial charge in [-0.2, -0.15) is 0 Å². The van der Waals surface area contributed by atoms with E-state index in [4.69, 9.17) is 4.74 Å². The molecule has 1 saturated heterocycles. The van der Waals surface area contributed by atoms with Crippen molar-refractivity contribution in [2.75, 3.05) is 38.2 Å². The number of morpholine rings is 1. The zero-order valence-corrected chi connectivity index (χ0v) is 16.2. The van der Waals surface area contributed by atoms with E-state index in [1.807, 2.05) is 19.1 Å². The van der Waals surface area contributed by atoms with Crippen LogP contribution in [0.5, 0.6) is 0 Å². The molecule has 1 aliphatic heterocycles. The Bertz CT molecular complexity index is 637. The molecule has 0 spiro atoms. The predicted octanol–water partition coefficient (Wildman–Crippen LogP) is 2.66. The normalized spacial score (nSPS) is 20.0. The van der Waals surface area contributed by atoms with Gasteiger partial charge in [-0.25, -0.2) is 0 Å². The van der Waals surface area contributed by atoms with Crippen LogP contribution in [0.15, 0.2) is 24.3 Å². The van der Waals surface area contributed by atoms with E-state index in [1.165, 1.54) is 6.42 Å². The Morgan fingerprint density at radius 3 is 2.67 bits per heavy atom. The summed E-state index contributed by atoms with van der Waals surface area (Å²) >= 11 is 0. The fourth-order valence-electron chi connectivity index (χ4n) is 3.87. The number of carbonyl (C=O) groups excluding carboxylic acids is 2. The minimum absolute atomic E-state index is 0.0519. The van der Waals surface area contributed by atoms with Crippen LogP contribution in [0.25, 0.3) is 0 Å². The van der Waals surface area contributed by atoms with Gasteiger partial charge in [0.15, 0.2) is 0 Å². The monoisotopic (exact) mass is 373 g/mol. The first-order chi connectivity index (χ1) is 13.1. The Labute approximate surface area is 161 Å². The van der Waals surface area contributed by atoms with E-state index in [-0.39, 0.29) is 23.8 Å². The molecule has 3 rings (SSSR count). The Morgan fingerprint density at radius 2 is 1.93 bits per heavy atom. The summed E-state index contributed by atoms with van der Waals surface area (Å²) < 4.78 is 5.36. The van der Waals surface area contributed by atoms with Gasteiger partial charge in [-0.1, -0.05) is 25.3 Å². The second-order valence-electron chi connectivity index (χ2n) is 7.69. The highest BCUT2D eigenvalue weighted by Gasteiger charge is 2.21. The lowest BCUT2D eigenvalue weighted by molar-refractivity contribution is -0.120. The minimum atomic E-state index is -0.107. The number of ether oxygens (including phenoxy) is 1. The van der Waals surface area contributed by atoms with E-state index in [0.29, 0.717) is 11.3 Å². The molecule has 2 amide bonds. The summed E-state index contributed by atoms with van der Waals surface area (Å²) in [6.07, 6.45) is 5.40. The maximum Gasteiger partial charge on any atom is 0.251 e. The van der Waals surface area contributed by atoms with Gasteiger partial charge >= 0.3 is 0 Å². The second-order valence-corrected chi connectivity index (χ2v) is 7.69. The van der Waals surface area contributed by atoms with Gasteiger partial charge in [0, 0.05) is 42.8 Å². The molecule has 1 aliphatic carbocycles. The largest absolute Gasteiger partial charge is 0.379 e. The minimum Gasteiger partial charge on any atom is -0.379 e. The zero-order chi connectivity index (χ0) is 19.1. The van der Waals surface area contributed by atoms with Gasteiger partial charge in [0.25, 0.3) is 5.91 Å². The number of nitrogens with one attached hydrogen (secondary N) is 2. The van der Waals surface area contributed by atoms with Crippen molar-refractivity contribution < 1.29 is 14.3 Å². The molecule has 0 bridgehead atoms. The van der Waals surface area contributed by atoms with Crippen molar-refractivity contribution in [2.24, 2.45) is 5.92 Å². The number of benzene rings is 1. The van der Waals surface area contributed by atoms with E-state index in [9.17, 15) is 9.59 Å². The molecule has 6 nitrogen and oxygen atoms in total. The quantitative estimate of drug-likeness (QED) is 0.804.